The molecule has 0 saturated carbocycles. The van der Waals surface area contributed by atoms with Gasteiger partial charge in [-0.2, -0.15) is 0 Å². The van der Waals surface area contributed by atoms with E-state index in [0.717, 1.165) is 16.8 Å². The number of nitrogens with one attached hydrogen (secondary N) is 1. The van der Waals surface area contributed by atoms with Gasteiger partial charge in [0.25, 0.3) is 0 Å². The summed E-state index contributed by atoms with van der Waals surface area (Å²) in [5, 5.41) is 2.85. The second-order valence-corrected chi connectivity index (χ2v) is 4.94. The first kappa shape index (κ1) is 15.0. The number of amides is 1. The van der Waals surface area contributed by atoms with Crippen LogP contribution in [-0.2, 0) is 11.2 Å². The topological polar surface area (TPSA) is 38.3 Å². The van der Waals surface area contributed by atoms with Gasteiger partial charge in [0.1, 0.15) is 0 Å². The van der Waals surface area contributed by atoms with E-state index in [0.29, 0.717) is 5.56 Å². The summed E-state index contributed by atoms with van der Waals surface area (Å²) in [6, 6.07) is 10.3. The minimum atomic E-state index is -0.463. The van der Waals surface area contributed by atoms with Crippen molar-refractivity contribution in [3.8, 4) is 5.75 Å². The molecule has 3 nitrogen and oxygen atoms in total. The minimum absolute atomic E-state index is 0.119. The molecule has 0 aliphatic carbocycles. The first-order valence-corrected chi connectivity index (χ1v) is 6.69. The molecule has 0 bridgehead atoms. The number of methoxy groups -OCH3 is 1. The molecular weight excluding hydrogens is 269 g/mol. The monoisotopic (exact) mass is 287 g/mol. The van der Waals surface area contributed by atoms with E-state index in [4.69, 9.17) is 4.74 Å². The Kier molecular flexibility index (Phi) is 4.58. The lowest BCUT2D eigenvalue weighted by molar-refractivity contribution is -0.115. The fourth-order valence-corrected chi connectivity index (χ4v) is 2.09. The molecule has 4 heteroatoms. The van der Waals surface area contributed by atoms with Crippen LogP contribution in [0.1, 0.15) is 16.7 Å². The van der Waals surface area contributed by atoms with E-state index in [1.165, 1.54) is 19.2 Å². The summed E-state index contributed by atoms with van der Waals surface area (Å²) >= 11 is 0. The molecule has 1 amide bonds. The molecular formula is C17H18FNO2. The third-order valence-corrected chi connectivity index (χ3v) is 3.46. The van der Waals surface area contributed by atoms with E-state index in [1.54, 1.807) is 6.07 Å². The van der Waals surface area contributed by atoms with Gasteiger partial charge in [0.05, 0.1) is 13.5 Å². The van der Waals surface area contributed by atoms with Gasteiger partial charge in [0, 0.05) is 5.69 Å². The van der Waals surface area contributed by atoms with Crippen LogP contribution in [0.5, 0.6) is 5.75 Å². The lowest BCUT2D eigenvalue weighted by Crippen LogP contribution is -2.15. The first-order valence-electron chi connectivity index (χ1n) is 6.69. The van der Waals surface area contributed by atoms with E-state index in [9.17, 15) is 9.18 Å². The zero-order valence-corrected chi connectivity index (χ0v) is 12.4. The highest BCUT2D eigenvalue weighted by Gasteiger charge is 2.09. The number of halogens is 1. The summed E-state index contributed by atoms with van der Waals surface area (Å²) in [5.74, 6) is -0.462. The summed E-state index contributed by atoms with van der Waals surface area (Å²) in [4.78, 5) is 12.0. The molecule has 0 heterocycles. The molecule has 0 unspecified atom stereocenters. The molecule has 2 aromatic rings. The number of hydrogen-bond donors (Lipinski definition) is 1. The van der Waals surface area contributed by atoms with E-state index in [-0.39, 0.29) is 18.1 Å². The average Bonchev–Trinajstić information content (AvgIpc) is 2.44. The number of benzene rings is 2. The Labute approximate surface area is 123 Å². The number of aryl methyl sites for hydroxylation is 1. The highest BCUT2D eigenvalue weighted by molar-refractivity contribution is 5.93. The highest BCUT2D eigenvalue weighted by atomic mass is 19.1. The maximum Gasteiger partial charge on any atom is 0.228 e. The third kappa shape index (κ3) is 3.60. The molecule has 0 aliphatic heterocycles. The Bertz CT molecular complexity index is 668. The van der Waals surface area contributed by atoms with Gasteiger partial charge in [-0.1, -0.05) is 18.2 Å². The smallest absolute Gasteiger partial charge is 0.228 e. The molecule has 0 radical (unpaired) electrons. The fourth-order valence-electron chi connectivity index (χ4n) is 2.09. The van der Waals surface area contributed by atoms with Crippen molar-refractivity contribution in [2.24, 2.45) is 0 Å². The SMILES string of the molecule is COc1ccc(CC(=O)Nc2cccc(C)c2C)cc1F. The van der Waals surface area contributed by atoms with Crippen molar-refractivity contribution in [1.29, 1.82) is 0 Å². The Morgan fingerprint density at radius 3 is 2.67 bits per heavy atom. The molecule has 0 aliphatic rings. The third-order valence-electron chi connectivity index (χ3n) is 3.46. The molecule has 110 valence electrons. The normalized spacial score (nSPS) is 10.3. The molecule has 0 aromatic heterocycles. The van der Waals surface area contributed by atoms with Gasteiger partial charge in [0.2, 0.25) is 5.91 Å². The van der Waals surface area contributed by atoms with Gasteiger partial charge in [-0.15, -0.1) is 0 Å². The number of rotatable bonds is 4. The zero-order valence-electron chi connectivity index (χ0n) is 12.4. The summed E-state index contributed by atoms with van der Waals surface area (Å²) in [7, 11) is 1.41. The number of carbonyl (C=O) groups is 1. The van der Waals surface area contributed by atoms with Crippen LogP contribution in [0.3, 0.4) is 0 Å². The van der Waals surface area contributed by atoms with Crippen molar-refractivity contribution in [2.75, 3.05) is 12.4 Å². The molecule has 0 spiro atoms. The predicted molar refractivity (Wildman–Crippen MR) is 81.2 cm³/mol. The van der Waals surface area contributed by atoms with Gasteiger partial charge in [-0.3, -0.25) is 4.79 Å². The van der Waals surface area contributed by atoms with Crippen molar-refractivity contribution >= 4 is 11.6 Å². The Hall–Kier alpha value is -2.36. The molecule has 2 rings (SSSR count). The van der Waals surface area contributed by atoms with Crippen LogP contribution in [0.2, 0.25) is 0 Å². The Morgan fingerprint density at radius 2 is 2.00 bits per heavy atom. The van der Waals surface area contributed by atoms with Crippen LogP contribution in [-0.4, -0.2) is 13.0 Å². The number of carbonyl (C=O) groups excluding carboxylic acids is 1. The standard InChI is InChI=1S/C17H18FNO2/c1-11-5-4-6-15(12(11)2)19-17(20)10-13-7-8-16(21-3)14(18)9-13/h4-9H,10H2,1-3H3,(H,19,20). The molecule has 0 saturated heterocycles. The molecule has 21 heavy (non-hydrogen) atoms. The quantitative estimate of drug-likeness (QED) is 0.932. The Morgan fingerprint density at radius 1 is 1.24 bits per heavy atom. The second kappa shape index (κ2) is 6.39. The summed E-state index contributed by atoms with van der Waals surface area (Å²) in [6.07, 6.45) is 0.119. The van der Waals surface area contributed by atoms with E-state index in [2.05, 4.69) is 5.32 Å². The van der Waals surface area contributed by atoms with Crippen LogP contribution in [0.25, 0.3) is 0 Å². The minimum Gasteiger partial charge on any atom is -0.494 e. The van der Waals surface area contributed by atoms with Gasteiger partial charge in [0.15, 0.2) is 11.6 Å². The van der Waals surface area contributed by atoms with Crippen LogP contribution < -0.4 is 10.1 Å². The number of anilines is 1. The van der Waals surface area contributed by atoms with Gasteiger partial charge in [-0.05, 0) is 48.7 Å². The zero-order chi connectivity index (χ0) is 15.4. The average molecular weight is 287 g/mol. The van der Waals surface area contributed by atoms with E-state index >= 15 is 0 Å². The lowest BCUT2D eigenvalue weighted by Gasteiger charge is -2.10. The number of hydrogen-bond acceptors (Lipinski definition) is 2. The van der Waals surface area contributed by atoms with Crippen LogP contribution >= 0.6 is 0 Å². The largest absolute Gasteiger partial charge is 0.494 e. The second-order valence-electron chi connectivity index (χ2n) is 4.94. The highest BCUT2D eigenvalue weighted by Crippen LogP contribution is 2.20. The molecule has 2 aromatic carbocycles. The summed E-state index contributed by atoms with van der Waals surface area (Å²) < 4.78 is 18.4. The van der Waals surface area contributed by atoms with E-state index in [1.807, 2.05) is 32.0 Å². The fraction of sp³-hybridized carbons (Fsp3) is 0.235. The molecule has 0 fully saturated rings. The van der Waals surface area contributed by atoms with Crippen molar-refractivity contribution in [1.82, 2.24) is 0 Å². The predicted octanol–water partition coefficient (Wildman–Crippen LogP) is 3.63. The van der Waals surface area contributed by atoms with E-state index < -0.39 is 5.82 Å². The van der Waals surface area contributed by atoms with Crippen LogP contribution in [0.4, 0.5) is 10.1 Å². The van der Waals surface area contributed by atoms with Gasteiger partial charge < -0.3 is 10.1 Å². The van der Waals surface area contributed by atoms with Crippen molar-refractivity contribution < 1.29 is 13.9 Å². The maximum absolute atomic E-state index is 13.6. The molecule has 0 atom stereocenters. The number of ether oxygens (including phenoxy) is 1. The van der Waals surface area contributed by atoms with Crippen LogP contribution in [0, 0.1) is 19.7 Å². The maximum atomic E-state index is 13.6. The van der Waals surface area contributed by atoms with Crippen LogP contribution in [0.15, 0.2) is 36.4 Å². The first-order chi connectivity index (χ1) is 10.0. The summed E-state index contributed by atoms with van der Waals surface area (Å²) in [6.45, 7) is 3.95. The van der Waals surface area contributed by atoms with Crippen molar-refractivity contribution in [3.05, 3.63) is 58.9 Å². The van der Waals surface area contributed by atoms with Crippen molar-refractivity contribution in [2.45, 2.75) is 20.3 Å². The van der Waals surface area contributed by atoms with Gasteiger partial charge in [-0.25, -0.2) is 4.39 Å². The lowest BCUT2D eigenvalue weighted by atomic mass is 10.1. The summed E-state index contributed by atoms with van der Waals surface area (Å²) in [5.41, 5.74) is 3.54. The van der Waals surface area contributed by atoms with Crippen molar-refractivity contribution in [3.63, 3.8) is 0 Å². The Balaban J connectivity index is 2.08. The van der Waals surface area contributed by atoms with Gasteiger partial charge >= 0.3 is 0 Å². The molecule has 1 N–H and O–H groups in total.